The standard InChI is InChI=1S/C28H50O5/c1-20-11-12-23-13-19-28(6,33-24(23)22(20)3)18-9-17-27(5,32)16-8-15-26(4,31)14-7-10-21(2)25(29)30/h11-12,20-24,31-32H,7-10,13-19H2,1-6H3,(H,29,30). The molecule has 2 rings (SSSR count). The van der Waals surface area contributed by atoms with Crippen molar-refractivity contribution in [2.75, 3.05) is 0 Å². The summed E-state index contributed by atoms with van der Waals surface area (Å²) in [5.74, 6) is 0.503. The normalized spacial score (nSPS) is 34.2. The van der Waals surface area contributed by atoms with Crippen LogP contribution in [0, 0.1) is 23.7 Å². The molecule has 0 aromatic heterocycles. The third kappa shape index (κ3) is 8.99. The van der Waals surface area contributed by atoms with Crippen molar-refractivity contribution in [1.29, 1.82) is 0 Å². The van der Waals surface area contributed by atoms with Crippen LogP contribution in [0.25, 0.3) is 0 Å². The highest BCUT2D eigenvalue weighted by Gasteiger charge is 2.42. The van der Waals surface area contributed by atoms with E-state index in [0.717, 1.165) is 32.1 Å². The smallest absolute Gasteiger partial charge is 0.306 e. The molecule has 2 aliphatic rings. The molecule has 1 aliphatic carbocycles. The summed E-state index contributed by atoms with van der Waals surface area (Å²) in [6, 6.07) is 0. The molecule has 1 saturated heterocycles. The monoisotopic (exact) mass is 466 g/mol. The van der Waals surface area contributed by atoms with Crippen molar-refractivity contribution in [3.05, 3.63) is 12.2 Å². The fourth-order valence-corrected chi connectivity index (χ4v) is 5.65. The second kappa shape index (κ2) is 11.7. The maximum atomic E-state index is 10.9. The lowest BCUT2D eigenvalue weighted by Gasteiger charge is -2.47. The number of hydrogen-bond acceptors (Lipinski definition) is 4. The lowest BCUT2D eigenvalue weighted by atomic mass is 9.72. The first kappa shape index (κ1) is 28.3. The highest BCUT2D eigenvalue weighted by molar-refractivity contribution is 5.69. The van der Waals surface area contributed by atoms with Crippen LogP contribution in [0.5, 0.6) is 0 Å². The first-order valence-electron chi connectivity index (χ1n) is 13.3. The molecule has 3 N–H and O–H groups in total. The molecule has 1 fully saturated rings. The third-order valence-corrected chi connectivity index (χ3v) is 8.48. The van der Waals surface area contributed by atoms with Crippen LogP contribution in [0.15, 0.2) is 12.2 Å². The Morgan fingerprint density at radius 1 is 1.06 bits per heavy atom. The molecule has 33 heavy (non-hydrogen) atoms. The first-order chi connectivity index (χ1) is 15.2. The average molecular weight is 467 g/mol. The van der Waals surface area contributed by atoms with Crippen LogP contribution in [0.1, 0.15) is 112 Å². The second-order valence-electron chi connectivity index (χ2n) is 12.2. The molecular formula is C28H50O5. The van der Waals surface area contributed by atoms with E-state index in [1.165, 1.54) is 6.42 Å². The van der Waals surface area contributed by atoms with E-state index >= 15 is 0 Å². The molecule has 1 heterocycles. The molecule has 5 heteroatoms. The Kier molecular flexibility index (Phi) is 10.0. The van der Waals surface area contributed by atoms with E-state index in [1.807, 2.05) is 13.8 Å². The molecule has 192 valence electrons. The maximum Gasteiger partial charge on any atom is 0.306 e. The zero-order chi connectivity index (χ0) is 24.9. The Hall–Kier alpha value is -0.910. The average Bonchev–Trinajstić information content (AvgIpc) is 2.70. The maximum absolute atomic E-state index is 10.9. The highest BCUT2D eigenvalue weighted by Crippen LogP contribution is 2.43. The molecule has 5 nitrogen and oxygen atoms in total. The number of rotatable bonds is 13. The first-order valence-corrected chi connectivity index (χ1v) is 13.3. The largest absolute Gasteiger partial charge is 0.481 e. The van der Waals surface area contributed by atoms with Gasteiger partial charge in [-0.2, -0.15) is 0 Å². The van der Waals surface area contributed by atoms with Crippen molar-refractivity contribution in [2.45, 2.75) is 135 Å². The second-order valence-corrected chi connectivity index (χ2v) is 12.2. The highest BCUT2D eigenvalue weighted by atomic mass is 16.5. The molecule has 0 aromatic carbocycles. The number of ether oxygens (including phenoxy) is 1. The van der Waals surface area contributed by atoms with Crippen LogP contribution in [-0.2, 0) is 9.53 Å². The van der Waals surface area contributed by atoms with E-state index in [1.54, 1.807) is 6.92 Å². The summed E-state index contributed by atoms with van der Waals surface area (Å²) in [5.41, 5.74) is -1.65. The van der Waals surface area contributed by atoms with Crippen molar-refractivity contribution < 1.29 is 24.9 Å². The van der Waals surface area contributed by atoms with Crippen LogP contribution in [0.2, 0.25) is 0 Å². The molecule has 0 aromatic rings. The number of hydrogen-bond donors (Lipinski definition) is 3. The Morgan fingerprint density at radius 2 is 1.64 bits per heavy atom. The van der Waals surface area contributed by atoms with Gasteiger partial charge in [0.05, 0.1) is 28.8 Å². The minimum absolute atomic E-state index is 0.104. The van der Waals surface area contributed by atoms with E-state index in [2.05, 4.69) is 32.9 Å². The van der Waals surface area contributed by atoms with Crippen molar-refractivity contribution >= 4 is 5.97 Å². The fourth-order valence-electron chi connectivity index (χ4n) is 5.65. The van der Waals surface area contributed by atoms with Gasteiger partial charge in [0.15, 0.2) is 0 Å². The lowest BCUT2D eigenvalue weighted by Crippen LogP contribution is -2.48. The van der Waals surface area contributed by atoms with Crippen molar-refractivity contribution in [1.82, 2.24) is 0 Å². The number of carboxylic acid groups (broad SMARTS) is 1. The van der Waals surface area contributed by atoms with Gasteiger partial charge in [0, 0.05) is 5.92 Å². The van der Waals surface area contributed by atoms with Gasteiger partial charge >= 0.3 is 5.97 Å². The Morgan fingerprint density at radius 3 is 2.24 bits per heavy atom. The van der Waals surface area contributed by atoms with Gasteiger partial charge in [-0.05, 0) is 103 Å². The summed E-state index contributed by atoms with van der Waals surface area (Å²) in [6.45, 7) is 12.3. The van der Waals surface area contributed by atoms with Crippen molar-refractivity contribution in [2.24, 2.45) is 23.7 Å². The molecule has 0 saturated carbocycles. The summed E-state index contributed by atoms with van der Waals surface area (Å²) in [6.07, 6.45) is 13.8. The Labute approximate surface area is 202 Å². The number of allylic oxidation sites excluding steroid dienone is 1. The van der Waals surface area contributed by atoms with Gasteiger partial charge in [0.1, 0.15) is 0 Å². The molecule has 0 amide bonds. The Balaban J connectivity index is 1.70. The lowest BCUT2D eigenvalue weighted by molar-refractivity contribution is -0.165. The molecule has 8 atom stereocenters. The van der Waals surface area contributed by atoms with Gasteiger partial charge in [-0.1, -0.05) is 32.9 Å². The molecular weight excluding hydrogens is 416 g/mol. The zero-order valence-electron chi connectivity index (χ0n) is 22.0. The third-order valence-electron chi connectivity index (χ3n) is 8.48. The number of carbonyl (C=O) groups is 1. The van der Waals surface area contributed by atoms with E-state index in [9.17, 15) is 15.0 Å². The molecule has 0 spiro atoms. The quantitative estimate of drug-likeness (QED) is 0.285. The van der Waals surface area contributed by atoms with E-state index < -0.39 is 17.2 Å². The van der Waals surface area contributed by atoms with E-state index in [0.29, 0.717) is 56.0 Å². The van der Waals surface area contributed by atoms with Crippen LogP contribution in [-0.4, -0.2) is 44.2 Å². The predicted molar refractivity (Wildman–Crippen MR) is 133 cm³/mol. The van der Waals surface area contributed by atoms with E-state index in [4.69, 9.17) is 9.84 Å². The molecule has 8 unspecified atom stereocenters. The predicted octanol–water partition coefficient (Wildman–Crippen LogP) is 6.12. The van der Waals surface area contributed by atoms with Crippen LogP contribution >= 0.6 is 0 Å². The zero-order valence-corrected chi connectivity index (χ0v) is 22.0. The van der Waals surface area contributed by atoms with E-state index in [-0.39, 0.29) is 11.5 Å². The minimum atomic E-state index is -0.809. The topological polar surface area (TPSA) is 87.0 Å². The van der Waals surface area contributed by atoms with Gasteiger partial charge in [-0.3, -0.25) is 4.79 Å². The van der Waals surface area contributed by atoms with Gasteiger partial charge in [0.25, 0.3) is 0 Å². The van der Waals surface area contributed by atoms with Gasteiger partial charge < -0.3 is 20.1 Å². The van der Waals surface area contributed by atoms with Crippen LogP contribution < -0.4 is 0 Å². The summed E-state index contributed by atoms with van der Waals surface area (Å²) < 4.78 is 6.67. The van der Waals surface area contributed by atoms with Gasteiger partial charge in [-0.15, -0.1) is 0 Å². The molecule has 0 radical (unpaired) electrons. The van der Waals surface area contributed by atoms with Gasteiger partial charge in [-0.25, -0.2) is 0 Å². The van der Waals surface area contributed by atoms with Crippen molar-refractivity contribution in [3.8, 4) is 0 Å². The summed E-state index contributed by atoms with van der Waals surface area (Å²) in [5, 5.41) is 30.5. The SMILES string of the molecule is CC(CCCC(C)(O)CCCC(C)(O)CCCC1(C)CCC2C=CC(C)C(C)C2O1)C(=O)O. The minimum Gasteiger partial charge on any atom is -0.481 e. The number of carboxylic acids is 1. The summed E-state index contributed by atoms with van der Waals surface area (Å²) in [7, 11) is 0. The van der Waals surface area contributed by atoms with Crippen LogP contribution in [0.4, 0.5) is 0 Å². The van der Waals surface area contributed by atoms with Crippen molar-refractivity contribution in [3.63, 3.8) is 0 Å². The van der Waals surface area contributed by atoms with Gasteiger partial charge in [0.2, 0.25) is 0 Å². The number of aliphatic hydroxyl groups is 2. The fraction of sp³-hybridized carbons (Fsp3) is 0.893. The summed E-state index contributed by atoms with van der Waals surface area (Å²) >= 11 is 0. The molecule has 0 bridgehead atoms. The Bertz CT molecular complexity index is 655. The molecule has 1 aliphatic heterocycles. The summed E-state index contributed by atoms with van der Waals surface area (Å²) in [4.78, 5) is 10.9. The number of aliphatic carboxylic acids is 1. The number of fused-ring (bicyclic) bond motifs is 1. The van der Waals surface area contributed by atoms with Crippen LogP contribution in [0.3, 0.4) is 0 Å².